The maximum Gasteiger partial charge on any atom is 0.248 e. The van der Waals surface area contributed by atoms with Gasteiger partial charge in [-0.2, -0.15) is 0 Å². The van der Waals surface area contributed by atoms with Crippen LogP contribution < -0.4 is 10.2 Å². The molecule has 23 heavy (non-hydrogen) atoms. The van der Waals surface area contributed by atoms with E-state index in [4.69, 9.17) is 0 Å². The van der Waals surface area contributed by atoms with Gasteiger partial charge in [-0.3, -0.25) is 9.59 Å². The number of carbonyl (C=O) groups is 2. The molecular weight excluding hydrogens is 295 g/mol. The predicted octanol–water partition coefficient (Wildman–Crippen LogP) is 3.46. The van der Waals surface area contributed by atoms with Crippen molar-refractivity contribution in [1.82, 2.24) is 0 Å². The second kappa shape index (κ2) is 7.35. The first kappa shape index (κ1) is 16.4. The number of hydrogen-bond donors (Lipinski definition) is 1. The van der Waals surface area contributed by atoms with Gasteiger partial charge in [0, 0.05) is 31.4 Å². The Bertz CT molecular complexity index is 722. The van der Waals surface area contributed by atoms with Crippen LogP contribution in [-0.2, 0) is 9.59 Å². The first-order valence-electron chi connectivity index (χ1n) is 7.05. The Morgan fingerprint density at radius 2 is 1.65 bits per heavy atom. The fourth-order valence-corrected chi connectivity index (χ4v) is 1.88. The monoisotopic (exact) mass is 312 g/mol. The SMILES string of the molecule is CC(=O)N(C)c1ccc(NC(=O)C=Cc2ccc(F)cc2)cc1. The van der Waals surface area contributed by atoms with Crippen LogP contribution in [0.1, 0.15) is 12.5 Å². The Morgan fingerprint density at radius 1 is 1.04 bits per heavy atom. The van der Waals surface area contributed by atoms with Crippen LogP contribution in [0.15, 0.2) is 54.6 Å². The van der Waals surface area contributed by atoms with Crippen LogP contribution >= 0.6 is 0 Å². The van der Waals surface area contributed by atoms with E-state index in [0.717, 1.165) is 11.3 Å². The molecule has 0 fully saturated rings. The summed E-state index contributed by atoms with van der Waals surface area (Å²) in [6.07, 6.45) is 2.98. The van der Waals surface area contributed by atoms with E-state index in [9.17, 15) is 14.0 Å². The zero-order valence-corrected chi connectivity index (χ0v) is 12.9. The number of nitrogens with one attached hydrogen (secondary N) is 1. The molecule has 0 aromatic heterocycles. The van der Waals surface area contributed by atoms with E-state index in [-0.39, 0.29) is 17.6 Å². The lowest BCUT2D eigenvalue weighted by molar-refractivity contribution is -0.116. The van der Waals surface area contributed by atoms with Gasteiger partial charge in [0.15, 0.2) is 0 Å². The molecule has 4 nitrogen and oxygen atoms in total. The van der Waals surface area contributed by atoms with Gasteiger partial charge < -0.3 is 10.2 Å². The summed E-state index contributed by atoms with van der Waals surface area (Å²) in [4.78, 5) is 24.6. The second-order valence-corrected chi connectivity index (χ2v) is 5.00. The number of carbonyl (C=O) groups excluding carboxylic acids is 2. The maximum absolute atomic E-state index is 12.8. The van der Waals surface area contributed by atoms with Crippen molar-refractivity contribution in [1.29, 1.82) is 0 Å². The first-order chi connectivity index (χ1) is 11.0. The van der Waals surface area contributed by atoms with E-state index in [1.165, 1.54) is 30.0 Å². The Balaban J connectivity index is 1.97. The number of amides is 2. The van der Waals surface area contributed by atoms with Crippen molar-refractivity contribution < 1.29 is 14.0 Å². The minimum absolute atomic E-state index is 0.0657. The number of rotatable bonds is 4. The van der Waals surface area contributed by atoms with Crippen molar-refractivity contribution in [2.45, 2.75) is 6.92 Å². The van der Waals surface area contributed by atoms with Crippen molar-refractivity contribution >= 4 is 29.3 Å². The fraction of sp³-hybridized carbons (Fsp3) is 0.111. The van der Waals surface area contributed by atoms with E-state index in [0.29, 0.717) is 5.69 Å². The zero-order chi connectivity index (χ0) is 16.8. The number of hydrogen-bond acceptors (Lipinski definition) is 2. The molecule has 0 aliphatic rings. The van der Waals surface area contributed by atoms with E-state index in [2.05, 4.69) is 5.32 Å². The molecule has 2 rings (SSSR count). The molecule has 0 bridgehead atoms. The average molecular weight is 312 g/mol. The standard InChI is InChI=1S/C18H17FN2O2/c1-13(22)21(2)17-10-8-16(9-11-17)20-18(23)12-5-14-3-6-15(19)7-4-14/h3-12H,1-2H3,(H,20,23). The lowest BCUT2D eigenvalue weighted by Crippen LogP contribution is -2.22. The van der Waals surface area contributed by atoms with Crippen LogP contribution in [0.5, 0.6) is 0 Å². The molecular formula is C18H17FN2O2. The lowest BCUT2D eigenvalue weighted by atomic mass is 10.2. The van der Waals surface area contributed by atoms with Crippen molar-refractivity contribution in [3.8, 4) is 0 Å². The summed E-state index contributed by atoms with van der Waals surface area (Å²) in [6.45, 7) is 1.48. The largest absolute Gasteiger partial charge is 0.323 e. The van der Waals surface area contributed by atoms with Crippen molar-refractivity contribution in [3.63, 3.8) is 0 Å². The van der Waals surface area contributed by atoms with E-state index in [1.807, 2.05) is 0 Å². The maximum atomic E-state index is 12.8. The third-order valence-corrected chi connectivity index (χ3v) is 3.29. The molecule has 0 saturated heterocycles. The quantitative estimate of drug-likeness (QED) is 0.879. The highest BCUT2D eigenvalue weighted by Crippen LogP contribution is 2.17. The third kappa shape index (κ3) is 4.78. The molecule has 118 valence electrons. The summed E-state index contributed by atoms with van der Waals surface area (Å²) in [5, 5.41) is 2.72. The van der Waals surface area contributed by atoms with Gasteiger partial charge in [-0.15, -0.1) is 0 Å². The Hall–Kier alpha value is -2.95. The van der Waals surface area contributed by atoms with Crippen LogP contribution in [0, 0.1) is 5.82 Å². The molecule has 2 aromatic carbocycles. The molecule has 0 spiro atoms. The van der Waals surface area contributed by atoms with Crippen LogP contribution in [-0.4, -0.2) is 18.9 Å². The zero-order valence-electron chi connectivity index (χ0n) is 12.9. The molecule has 0 aliphatic heterocycles. The lowest BCUT2D eigenvalue weighted by Gasteiger charge is -2.15. The van der Waals surface area contributed by atoms with Gasteiger partial charge in [0.1, 0.15) is 5.82 Å². The molecule has 2 aromatic rings. The average Bonchev–Trinajstić information content (AvgIpc) is 2.54. The van der Waals surface area contributed by atoms with Gasteiger partial charge in [-0.05, 0) is 48.0 Å². The van der Waals surface area contributed by atoms with Crippen molar-refractivity contribution in [2.24, 2.45) is 0 Å². The number of benzene rings is 2. The van der Waals surface area contributed by atoms with Crippen LogP contribution in [0.3, 0.4) is 0 Å². The van der Waals surface area contributed by atoms with Crippen LogP contribution in [0.2, 0.25) is 0 Å². The van der Waals surface area contributed by atoms with Crippen LogP contribution in [0.25, 0.3) is 6.08 Å². The highest BCUT2D eigenvalue weighted by atomic mass is 19.1. The summed E-state index contributed by atoms with van der Waals surface area (Å²) in [6, 6.07) is 12.8. The molecule has 0 heterocycles. The molecule has 0 radical (unpaired) electrons. The number of anilines is 2. The Labute approximate surface area is 134 Å². The number of nitrogens with zero attached hydrogens (tertiary/aromatic N) is 1. The minimum atomic E-state index is -0.317. The van der Waals surface area contributed by atoms with E-state index >= 15 is 0 Å². The highest BCUT2D eigenvalue weighted by molar-refractivity contribution is 6.02. The summed E-state index contributed by atoms with van der Waals surface area (Å²) in [5.74, 6) is -0.673. The van der Waals surface area contributed by atoms with Crippen molar-refractivity contribution in [3.05, 3.63) is 66.0 Å². The predicted molar refractivity (Wildman–Crippen MR) is 89.6 cm³/mol. The number of halogens is 1. The van der Waals surface area contributed by atoms with E-state index in [1.54, 1.807) is 49.5 Å². The first-order valence-corrected chi connectivity index (χ1v) is 7.05. The van der Waals surface area contributed by atoms with Gasteiger partial charge in [-0.1, -0.05) is 12.1 Å². The minimum Gasteiger partial charge on any atom is -0.323 e. The van der Waals surface area contributed by atoms with Gasteiger partial charge in [0.25, 0.3) is 0 Å². The molecule has 0 aliphatic carbocycles. The van der Waals surface area contributed by atoms with Gasteiger partial charge in [0.05, 0.1) is 0 Å². The summed E-state index contributed by atoms with van der Waals surface area (Å²) >= 11 is 0. The molecule has 0 unspecified atom stereocenters. The molecule has 5 heteroatoms. The topological polar surface area (TPSA) is 49.4 Å². The van der Waals surface area contributed by atoms with Crippen molar-refractivity contribution in [2.75, 3.05) is 17.3 Å². The molecule has 1 N–H and O–H groups in total. The van der Waals surface area contributed by atoms with Gasteiger partial charge in [0.2, 0.25) is 11.8 Å². The van der Waals surface area contributed by atoms with E-state index < -0.39 is 0 Å². The molecule has 2 amide bonds. The second-order valence-electron chi connectivity index (χ2n) is 5.00. The van der Waals surface area contributed by atoms with Crippen LogP contribution in [0.4, 0.5) is 15.8 Å². The summed E-state index contributed by atoms with van der Waals surface area (Å²) < 4.78 is 12.8. The summed E-state index contributed by atoms with van der Waals surface area (Å²) in [5.41, 5.74) is 2.11. The van der Waals surface area contributed by atoms with Gasteiger partial charge >= 0.3 is 0 Å². The fourth-order valence-electron chi connectivity index (χ4n) is 1.88. The molecule has 0 atom stereocenters. The normalized spacial score (nSPS) is 10.6. The van der Waals surface area contributed by atoms with Gasteiger partial charge in [-0.25, -0.2) is 4.39 Å². The Kier molecular flexibility index (Phi) is 5.25. The smallest absolute Gasteiger partial charge is 0.248 e. The third-order valence-electron chi connectivity index (χ3n) is 3.29. The molecule has 0 saturated carbocycles. The highest BCUT2D eigenvalue weighted by Gasteiger charge is 2.05. The Morgan fingerprint density at radius 3 is 2.22 bits per heavy atom. The summed E-state index contributed by atoms with van der Waals surface area (Å²) in [7, 11) is 1.68.